The second kappa shape index (κ2) is 5.92. The predicted molar refractivity (Wildman–Crippen MR) is 85.5 cm³/mol. The highest BCUT2D eigenvalue weighted by Crippen LogP contribution is 2.29. The van der Waals surface area contributed by atoms with E-state index in [0.717, 1.165) is 29.1 Å². The van der Waals surface area contributed by atoms with Crippen LogP contribution in [0.1, 0.15) is 36.7 Å². The third-order valence-electron chi connectivity index (χ3n) is 3.72. The summed E-state index contributed by atoms with van der Waals surface area (Å²) in [6.07, 6.45) is 5.76. The van der Waals surface area contributed by atoms with Crippen LogP contribution in [0.2, 0.25) is 0 Å². The van der Waals surface area contributed by atoms with Gasteiger partial charge in [-0.25, -0.2) is 9.97 Å². The number of rotatable bonds is 3. The van der Waals surface area contributed by atoms with Crippen LogP contribution in [0.25, 0.3) is 0 Å². The summed E-state index contributed by atoms with van der Waals surface area (Å²) in [5.74, 6) is 1.72. The zero-order valence-electron chi connectivity index (χ0n) is 11.6. The highest BCUT2D eigenvalue weighted by atomic mass is 79.9. The number of nitrogens with one attached hydrogen (secondary N) is 1. The minimum Gasteiger partial charge on any atom is -0.340 e. The average Bonchev–Trinajstić information content (AvgIpc) is 2.47. The van der Waals surface area contributed by atoms with Gasteiger partial charge in [-0.2, -0.15) is 0 Å². The van der Waals surface area contributed by atoms with Crippen LogP contribution in [-0.4, -0.2) is 9.97 Å². The summed E-state index contributed by atoms with van der Waals surface area (Å²) in [6.45, 7) is 2.07. The van der Waals surface area contributed by atoms with Crippen molar-refractivity contribution in [3.05, 3.63) is 45.8 Å². The molecular formula is C16H18BrN3. The first-order valence-electron chi connectivity index (χ1n) is 7.17. The van der Waals surface area contributed by atoms with Crippen LogP contribution in [0.15, 0.2) is 28.9 Å². The maximum absolute atomic E-state index is 4.54. The molecule has 1 heterocycles. The van der Waals surface area contributed by atoms with Crippen molar-refractivity contribution in [2.75, 3.05) is 5.32 Å². The van der Waals surface area contributed by atoms with Crippen LogP contribution in [0, 0.1) is 0 Å². The van der Waals surface area contributed by atoms with Crippen LogP contribution in [0.4, 0.5) is 11.5 Å². The van der Waals surface area contributed by atoms with Gasteiger partial charge in [-0.05, 0) is 58.8 Å². The summed E-state index contributed by atoms with van der Waals surface area (Å²) in [5.41, 5.74) is 4.12. The Morgan fingerprint density at radius 1 is 1.20 bits per heavy atom. The van der Waals surface area contributed by atoms with Crippen molar-refractivity contribution in [3.8, 4) is 0 Å². The SMILES string of the molecule is CCc1nc(Br)cc(Nc2cccc3c2CCCC3)n1. The van der Waals surface area contributed by atoms with Gasteiger partial charge in [-0.1, -0.05) is 19.1 Å². The molecule has 0 atom stereocenters. The van der Waals surface area contributed by atoms with Gasteiger partial charge in [0.15, 0.2) is 0 Å². The monoisotopic (exact) mass is 331 g/mol. The largest absolute Gasteiger partial charge is 0.340 e. The first kappa shape index (κ1) is 13.6. The quantitative estimate of drug-likeness (QED) is 0.845. The van der Waals surface area contributed by atoms with Gasteiger partial charge in [0.1, 0.15) is 16.2 Å². The molecule has 2 aromatic rings. The van der Waals surface area contributed by atoms with E-state index in [4.69, 9.17) is 0 Å². The van der Waals surface area contributed by atoms with Gasteiger partial charge in [0.2, 0.25) is 0 Å². The summed E-state index contributed by atoms with van der Waals surface area (Å²) >= 11 is 3.45. The van der Waals surface area contributed by atoms with E-state index in [9.17, 15) is 0 Å². The highest BCUT2D eigenvalue weighted by Gasteiger charge is 2.13. The van der Waals surface area contributed by atoms with Gasteiger partial charge in [0.05, 0.1) is 0 Å². The topological polar surface area (TPSA) is 37.8 Å². The molecule has 4 heteroatoms. The Morgan fingerprint density at radius 2 is 2.05 bits per heavy atom. The summed E-state index contributed by atoms with van der Waals surface area (Å²) in [5, 5.41) is 3.47. The first-order chi connectivity index (χ1) is 9.76. The van der Waals surface area contributed by atoms with Crippen LogP contribution >= 0.6 is 15.9 Å². The second-order valence-corrected chi connectivity index (χ2v) is 5.93. The van der Waals surface area contributed by atoms with Crippen molar-refractivity contribution in [2.24, 2.45) is 0 Å². The number of fused-ring (bicyclic) bond motifs is 1. The molecule has 104 valence electrons. The molecule has 0 fully saturated rings. The zero-order chi connectivity index (χ0) is 13.9. The molecule has 0 unspecified atom stereocenters. The maximum atomic E-state index is 4.54. The highest BCUT2D eigenvalue weighted by molar-refractivity contribution is 9.10. The Bertz CT molecular complexity index is 625. The molecular weight excluding hydrogens is 314 g/mol. The fraction of sp³-hybridized carbons (Fsp3) is 0.375. The fourth-order valence-corrected chi connectivity index (χ4v) is 3.14. The summed E-state index contributed by atoms with van der Waals surface area (Å²) in [6, 6.07) is 8.45. The molecule has 0 saturated carbocycles. The smallest absolute Gasteiger partial charge is 0.135 e. The third-order valence-corrected chi connectivity index (χ3v) is 4.12. The molecule has 1 N–H and O–H groups in total. The Kier molecular flexibility index (Phi) is 4.01. The Hall–Kier alpha value is -1.42. The summed E-state index contributed by atoms with van der Waals surface area (Å²) < 4.78 is 0.830. The van der Waals surface area contributed by atoms with E-state index in [1.165, 1.54) is 36.1 Å². The molecule has 3 rings (SSSR count). The Labute approximate surface area is 128 Å². The minimum absolute atomic E-state index is 0.830. The van der Waals surface area contributed by atoms with Crippen LogP contribution in [0.3, 0.4) is 0 Å². The molecule has 0 bridgehead atoms. The number of aryl methyl sites for hydroxylation is 2. The minimum atomic E-state index is 0.830. The Balaban J connectivity index is 1.93. The van der Waals surface area contributed by atoms with E-state index in [1.807, 2.05) is 6.07 Å². The molecule has 0 spiro atoms. The van der Waals surface area contributed by atoms with E-state index in [-0.39, 0.29) is 0 Å². The lowest BCUT2D eigenvalue weighted by Crippen LogP contribution is -2.07. The number of benzene rings is 1. The number of hydrogen-bond donors (Lipinski definition) is 1. The van der Waals surface area contributed by atoms with Gasteiger partial charge in [-0.3, -0.25) is 0 Å². The van der Waals surface area contributed by atoms with Crippen molar-refractivity contribution in [1.29, 1.82) is 0 Å². The number of anilines is 2. The van der Waals surface area contributed by atoms with Gasteiger partial charge in [0, 0.05) is 18.2 Å². The van der Waals surface area contributed by atoms with Crippen molar-refractivity contribution in [3.63, 3.8) is 0 Å². The van der Waals surface area contributed by atoms with Gasteiger partial charge in [0.25, 0.3) is 0 Å². The van der Waals surface area contributed by atoms with E-state index in [0.29, 0.717) is 0 Å². The molecule has 1 aromatic carbocycles. The molecule has 3 nitrogen and oxygen atoms in total. The zero-order valence-corrected chi connectivity index (χ0v) is 13.2. The lowest BCUT2D eigenvalue weighted by molar-refractivity contribution is 0.687. The normalized spacial score (nSPS) is 13.9. The van der Waals surface area contributed by atoms with E-state index in [1.54, 1.807) is 0 Å². The number of halogens is 1. The lowest BCUT2D eigenvalue weighted by atomic mass is 9.90. The fourth-order valence-electron chi connectivity index (χ4n) is 2.72. The van der Waals surface area contributed by atoms with E-state index >= 15 is 0 Å². The van der Waals surface area contributed by atoms with Gasteiger partial charge >= 0.3 is 0 Å². The van der Waals surface area contributed by atoms with Gasteiger partial charge in [-0.15, -0.1) is 0 Å². The standard InChI is InChI=1S/C16H18BrN3/c1-2-15-19-14(17)10-16(20-15)18-13-9-5-7-11-6-3-4-8-12(11)13/h5,7,9-10H,2-4,6,8H2,1H3,(H,18,19,20). The predicted octanol–water partition coefficient (Wildman–Crippen LogP) is 4.42. The van der Waals surface area contributed by atoms with Crippen molar-refractivity contribution in [2.45, 2.75) is 39.0 Å². The molecule has 1 aliphatic carbocycles. The molecule has 0 radical (unpaired) electrons. The van der Waals surface area contributed by atoms with Crippen molar-refractivity contribution >= 4 is 27.4 Å². The van der Waals surface area contributed by atoms with E-state index < -0.39 is 0 Å². The van der Waals surface area contributed by atoms with Crippen LogP contribution < -0.4 is 5.32 Å². The van der Waals surface area contributed by atoms with Crippen LogP contribution in [-0.2, 0) is 19.3 Å². The number of hydrogen-bond acceptors (Lipinski definition) is 3. The lowest BCUT2D eigenvalue weighted by Gasteiger charge is -2.20. The number of nitrogens with zero attached hydrogens (tertiary/aromatic N) is 2. The summed E-state index contributed by atoms with van der Waals surface area (Å²) in [4.78, 5) is 8.89. The first-order valence-corrected chi connectivity index (χ1v) is 7.97. The number of aromatic nitrogens is 2. The molecule has 1 aromatic heterocycles. The second-order valence-electron chi connectivity index (χ2n) is 5.12. The third kappa shape index (κ3) is 2.85. The molecule has 0 aliphatic heterocycles. The average molecular weight is 332 g/mol. The molecule has 0 amide bonds. The summed E-state index contributed by atoms with van der Waals surface area (Å²) in [7, 11) is 0. The molecule has 1 aliphatic rings. The maximum Gasteiger partial charge on any atom is 0.135 e. The van der Waals surface area contributed by atoms with Crippen LogP contribution in [0.5, 0.6) is 0 Å². The molecule has 20 heavy (non-hydrogen) atoms. The van der Waals surface area contributed by atoms with Gasteiger partial charge < -0.3 is 5.32 Å². The van der Waals surface area contributed by atoms with Crippen molar-refractivity contribution in [1.82, 2.24) is 9.97 Å². The van der Waals surface area contributed by atoms with E-state index in [2.05, 4.69) is 56.3 Å². The Morgan fingerprint density at radius 3 is 2.90 bits per heavy atom. The van der Waals surface area contributed by atoms with Crippen molar-refractivity contribution < 1.29 is 0 Å². The molecule has 0 saturated heterocycles.